The van der Waals surface area contributed by atoms with E-state index in [0.717, 1.165) is 60.7 Å². The lowest BCUT2D eigenvalue weighted by Gasteiger charge is -2.31. The first kappa shape index (κ1) is 27.3. The highest BCUT2D eigenvalue weighted by molar-refractivity contribution is 5.92. The van der Waals surface area contributed by atoms with Crippen molar-refractivity contribution in [2.75, 3.05) is 38.2 Å². The van der Waals surface area contributed by atoms with Gasteiger partial charge in [-0.15, -0.1) is 0 Å². The molecule has 4 rings (SSSR count). The van der Waals surface area contributed by atoms with Crippen molar-refractivity contribution < 1.29 is 14.3 Å². The van der Waals surface area contributed by atoms with E-state index in [4.69, 9.17) is 4.74 Å². The SMILES string of the molecule is COc1ccccc1CCC(=O)N1CCCN(Cc2ccccn2)CCCN(C(C)=O)c2ccccc2C1. The molecule has 2 aromatic carbocycles. The summed E-state index contributed by atoms with van der Waals surface area (Å²) >= 11 is 0. The summed E-state index contributed by atoms with van der Waals surface area (Å²) in [6.45, 7) is 5.83. The summed E-state index contributed by atoms with van der Waals surface area (Å²) in [5.74, 6) is 0.926. The molecule has 0 radical (unpaired) electrons. The standard InChI is InChI=1S/C31H38N4O3/c1-25(36)35-22-10-20-33(24-28-13-7-8-18-32-28)19-9-21-34(23-27-12-3-5-14-29(27)35)31(37)17-16-26-11-4-6-15-30(26)38-2/h3-8,11-15,18H,9-10,16-17,19-24H2,1-2H3. The van der Waals surface area contributed by atoms with Crippen molar-refractivity contribution in [2.24, 2.45) is 0 Å². The number of ether oxygens (including phenoxy) is 1. The Hall–Kier alpha value is -3.71. The van der Waals surface area contributed by atoms with E-state index >= 15 is 0 Å². The number of pyridine rings is 1. The number of carbonyl (C=O) groups excluding carboxylic acids is 2. The second kappa shape index (κ2) is 13.7. The third-order valence-electron chi connectivity index (χ3n) is 7.05. The Labute approximate surface area is 226 Å². The molecule has 38 heavy (non-hydrogen) atoms. The minimum Gasteiger partial charge on any atom is -0.496 e. The number of aryl methyl sites for hydroxylation is 1. The number of nitrogens with zero attached hydrogens (tertiary/aromatic N) is 4. The zero-order chi connectivity index (χ0) is 26.7. The van der Waals surface area contributed by atoms with Crippen LogP contribution in [0.1, 0.15) is 43.0 Å². The maximum atomic E-state index is 13.6. The number of carbonyl (C=O) groups is 2. The lowest BCUT2D eigenvalue weighted by Crippen LogP contribution is -2.38. The van der Waals surface area contributed by atoms with Gasteiger partial charge in [-0.25, -0.2) is 0 Å². The van der Waals surface area contributed by atoms with Gasteiger partial charge in [0.05, 0.1) is 12.8 Å². The largest absolute Gasteiger partial charge is 0.496 e. The molecule has 0 bridgehead atoms. The quantitative estimate of drug-likeness (QED) is 0.477. The van der Waals surface area contributed by atoms with E-state index in [1.165, 1.54) is 0 Å². The predicted molar refractivity (Wildman–Crippen MR) is 150 cm³/mol. The molecular weight excluding hydrogens is 476 g/mol. The van der Waals surface area contributed by atoms with Crippen LogP contribution in [0.25, 0.3) is 0 Å². The van der Waals surface area contributed by atoms with Crippen LogP contribution in [0.15, 0.2) is 72.9 Å². The molecule has 7 nitrogen and oxygen atoms in total. The van der Waals surface area contributed by atoms with Crippen LogP contribution in [0, 0.1) is 0 Å². The van der Waals surface area contributed by atoms with Gasteiger partial charge in [0, 0.05) is 64.5 Å². The van der Waals surface area contributed by atoms with Crippen LogP contribution >= 0.6 is 0 Å². The second-order valence-corrected chi connectivity index (χ2v) is 9.73. The van der Waals surface area contributed by atoms with E-state index in [0.29, 0.717) is 32.5 Å². The lowest BCUT2D eigenvalue weighted by atomic mass is 10.1. The fourth-order valence-corrected chi connectivity index (χ4v) is 5.09. The maximum Gasteiger partial charge on any atom is 0.223 e. The number of amides is 2. The Balaban J connectivity index is 1.55. The van der Waals surface area contributed by atoms with E-state index in [1.54, 1.807) is 14.0 Å². The van der Waals surface area contributed by atoms with E-state index in [-0.39, 0.29) is 11.8 Å². The van der Waals surface area contributed by atoms with Crippen LogP contribution in [0.5, 0.6) is 5.75 Å². The number of anilines is 1. The molecule has 2 amide bonds. The average molecular weight is 515 g/mol. The topological polar surface area (TPSA) is 66.0 Å². The second-order valence-electron chi connectivity index (χ2n) is 9.73. The molecular formula is C31H38N4O3. The number of rotatable bonds is 6. The van der Waals surface area contributed by atoms with Gasteiger partial charge < -0.3 is 14.5 Å². The summed E-state index contributed by atoms with van der Waals surface area (Å²) in [6.07, 6.45) is 4.57. The van der Waals surface area contributed by atoms with Crippen LogP contribution < -0.4 is 9.64 Å². The van der Waals surface area contributed by atoms with Gasteiger partial charge in [0.25, 0.3) is 0 Å². The van der Waals surface area contributed by atoms with Gasteiger partial charge in [-0.05, 0) is 54.7 Å². The minimum absolute atomic E-state index is 0.0137. The number of benzene rings is 2. The van der Waals surface area contributed by atoms with Crippen LogP contribution in [0.3, 0.4) is 0 Å². The van der Waals surface area contributed by atoms with Crippen molar-refractivity contribution in [3.05, 3.63) is 89.7 Å². The van der Waals surface area contributed by atoms with E-state index < -0.39 is 0 Å². The summed E-state index contributed by atoms with van der Waals surface area (Å²) < 4.78 is 5.48. The Morgan fingerprint density at radius 2 is 1.63 bits per heavy atom. The summed E-state index contributed by atoms with van der Waals surface area (Å²) in [4.78, 5) is 37.0. The van der Waals surface area contributed by atoms with Crippen LogP contribution in [-0.4, -0.2) is 59.9 Å². The van der Waals surface area contributed by atoms with Crippen molar-refractivity contribution in [3.8, 4) is 5.75 Å². The molecule has 0 spiro atoms. The fraction of sp³-hybridized carbons (Fsp3) is 0.387. The Bertz CT molecular complexity index is 1200. The predicted octanol–water partition coefficient (Wildman–Crippen LogP) is 4.70. The first-order valence-electron chi connectivity index (χ1n) is 13.4. The maximum absolute atomic E-state index is 13.6. The molecule has 200 valence electrons. The molecule has 0 N–H and O–H groups in total. The van der Waals surface area contributed by atoms with Crippen molar-refractivity contribution in [1.82, 2.24) is 14.8 Å². The summed E-state index contributed by atoms with van der Waals surface area (Å²) in [6, 6.07) is 21.8. The number of hydrogen-bond acceptors (Lipinski definition) is 5. The molecule has 3 aromatic rings. The van der Waals surface area contributed by atoms with Crippen LogP contribution in [0.4, 0.5) is 5.69 Å². The van der Waals surface area contributed by atoms with E-state index in [9.17, 15) is 9.59 Å². The molecule has 7 heteroatoms. The number of hydrogen-bond donors (Lipinski definition) is 0. The smallest absolute Gasteiger partial charge is 0.223 e. The normalized spacial score (nSPS) is 15.2. The summed E-state index contributed by atoms with van der Waals surface area (Å²) in [5, 5.41) is 0. The van der Waals surface area contributed by atoms with Crippen LogP contribution in [-0.2, 0) is 29.1 Å². The van der Waals surface area contributed by atoms with Crippen molar-refractivity contribution in [1.29, 1.82) is 0 Å². The highest BCUT2D eigenvalue weighted by Crippen LogP contribution is 2.25. The first-order chi connectivity index (χ1) is 18.5. The number of fused-ring (bicyclic) bond motifs is 1. The number of aromatic nitrogens is 1. The molecule has 2 heterocycles. The van der Waals surface area contributed by atoms with Gasteiger partial charge in [-0.2, -0.15) is 0 Å². The molecule has 0 saturated carbocycles. The Morgan fingerprint density at radius 1 is 0.895 bits per heavy atom. The molecule has 0 unspecified atom stereocenters. The molecule has 0 aliphatic carbocycles. The minimum atomic E-state index is 0.0137. The van der Waals surface area contributed by atoms with Gasteiger partial charge in [0.2, 0.25) is 11.8 Å². The molecule has 0 fully saturated rings. The molecule has 1 aromatic heterocycles. The van der Waals surface area contributed by atoms with Crippen molar-refractivity contribution >= 4 is 17.5 Å². The number of para-hydroxylation sites is 2. The molecule has 0 saturated heterocycles. The van der Waals surface area contributed by atoms with Gasteiger partial charge in [-0.3, -0.25) is 19.5 Å². The average Bonchev–Trinajstić information content (AvgIpc) is 2.93. The van der Waals surface area contributed by atoms with Crippen molar-refractivity contribution in [2.45, 2.75) is 45.7 Å². The fourth-order valence-electron chi connectivity index (χ4n) is 5.09. The lowest BCUT2D eigenvalue weighted by molar-refractivity contribution is -0.131. The number of methoxy groups -OCH3 is 1. The first-order valence-corrected chi connectivity index (χ1v) is 13.4. The molecule has 1 aliphatic rings. The highest BCUT2D eigenvalue weighted by atomic mass is 16.5. The van der Waals surface area contributed by atoms with Crippen molar-refractivity contribution in [3.63, 3.8) is 0 Å². The monoisotopic (exact) mass is 514 g/mol. The third kappa shape index (κ3) is 7.42. The Morgan fingerprint density at radius 3 is 2.39 bits per heavy atom. The zero-order valence-corrected chi connectivity index (χ0v) is 22.5. The summed E-state index contributed by atoms with van der Waals surface area (Å²) in [7, 11) is 1.66. The van der Waals surface area contributed by atoms with Gasteiger partial charge >= 0.3 is 0 Å². The molecule has 0 atom stereocenters. The van der Waals surface area contributed by atoms with Gasteiger partial charge in [0.1, 0.15) is 5.75 Å². The van der Waals surface area contributed by atoms with Crippen LogP contribution in [0.2, 0.25) is 0 Å². The van der Waals surface area contributed by atoms with Gasteiger partial charge in [0.15, 0.2) is 0 Å². The zero-order valence-electron chi connectivity index (χ0n) is 22.5. The third-order valence-corrected chi connectivity index (χ3v) is 7.05. The Kier molecular flexibility index (Phi) is 9.87. The van der Waals surface area contributed by atoms with Gasteiger partial charge in [-0.1, -0.05) is 42.5 Å². The van der Waals surface area contributed by atoms with E-state index in [2.05, 4.69) is 9.88 Å². The van der Waals surface area contributed by atoms with E-state index in [1.807, 2.05) is 82.7 Å². The highest BCUT2D eigenvalue weighted by Gasteiger charge is 2.21. The summed E-state index contributed by atoms with van der Waals surface area (Å²) in [5.41, 5.74) is 3.94. The molecule has 1 aliphatic heterocycles.